The van der Waals surface area contributed by atoms with Gasteiger partial charge in [0.2, 0.25) is 0 Å². The zero-order valence-electron chi connectivity index (χ0n) is 12.9. The molecule has 3 nitrogen and oxygen atoms in total. The van der Waals surface area contributed by atoms with Crippen LogP contribution in [0, 0.1) is 0 Å². The Morgan fingerprint density at radius 3 is 2.52 bits per heavy atom. The second-order valence-electron chi connectivity index (χ2n) is 4.69. The summed E-state index contributed by atoms with van der Waals surface area (Å²) in [6, 6.07) is 7.69. The number of thioether (sulfide) groups is 1. The van der Waals surface area contributed by atoms with Crippen LogP contribution in [0.2, 0.25) is 0 Å². The Morgan fingerprint density at radius 2 is 2.05 bits per heavy atom. The minimum atomic E-state index is -0.566. The first-order valence-electron chi connectivity index (χ1n) is 6.79. The van der Waals surface area contributed by atoms with Gasteiger partial charge in [-0.1, -0.05) is 24.6 Å². The number of nitrogens with zero attached hydrogens (tertiary/aromatic N) is 1. The van der Waals surface area contributed by atoms with Gasteiger partial charge in [0.25, 0.3) is 5.91 Å². The summed E-state index contributed by atoms with van der Waals surface area (Å²) in [5.74, 6) is 0.712. The van der Waals surface area contributed by atoms with Crippen molar-refractivity contribution in [1.82, 2.24) is 4.90 Å². The van der Waals surface area contributed by atoms with Gasteiger partial charge < -0.3 is 9.64 Å². The predicted octanol–water partition coefficient (Wildman–Crippen LogP) is 4.27. The van der Waals surface area contributed by atoms with Crippen LogP contribution < -0.4 is 4.74 Å². The van der Waals surface area contributed by atoms with Gasteiger partial charge in [-0.2, -0.15) is 0 Å². The van der Waals surface area contributed by atoms with Crippen molar-refractivity contribution in [2.24, 2.45) is 0 Å². The number of rotatable bonds is 7. The Balaban J connectivity index is 2.92. The number of alkyl halides is 1. The average Bonchev–Trinajstić information content (AvgIpc) is 2.53. The molecule has 0 saturated heterocycles. The summed E-state index contributed by atoms with van der Waals surface area (Å²) in [5, 5.41) is 0. The van der Waals surface area contributed by atoms with Gasteiger partial charge >= 0.3 is 0 Å². The Bertz CT molecular complexity index is 488. The summed E-state index contributed by atoms with van der Waals surface area (Å²) >= 11 is 7.41. The predicted molar refractivity (Wildman–Crippen MR) is 90.7 cm³/mol. The minimum Gasteiger partial charge on any atom is -0.497 e. The third kappa shape index (κ3) is 5.64. The van der Waals surface area contributed by atoms with E-state index in [9.17, 15) is 4.79 Å². The summed E-state index contributed by atoms with van der Waals surface area (Å²) in [7, 11) is 1.63. The van der Waals surface area contributed by atoms with Crippen molar-refractivity contribution in [3.63, 3.8) is 0 Å². The lowest BCUT2D eigenvalue weighted by Crippen LogP contribution is -2.31. The normalized spacial score (nSPS) is 12.9. The van der Waals surface area contributed by atoms with E-state index in [1.807, 2.05) is 43.6 Å². The maximum atomic E-state index is 12.4. The van der Waals surface area contributed by atoms with Crippen LogP contribution >= 0.6 is 23.4 Å². The van der Waals surface area contributed by atoms with E-state index in [1.54, 1.807) is 12.0 Å². The van der Waals surface area contributed by atoms with E-state index >= 15 is 0 Å². The molecule has 1 unspecified atom stereocenters. The van der Waals surface area contributed by atoms with Crippen molar-refractivity contribution in [1.29, 1.82) is 0 Å². The van der Waals surface area contributed by atoms with E-state index < -0.39 is 4.71 Å². The monoisotopic (exact) mass is 327 g/mol. The van der Waals surface area contributed by atoms with Crippen molar-refractivity contribution in [3.8, 4) is 5.75 Å². The van der Waals surface area contributed by atoms with Gasteiger partial charge in [0.05, 0.1) is 13.7 Å². The van der Waals surface area contributed by atoms with Crippen LogP contribution in [-0.2, 0) is 11.3 Å². The smallest absolute Gasteiger partial charge is 0.255 e. The first-order chi connectivity index (χ1) is 10.0. The van der Waals surface area contributed by atoms with Gasteiger partial charge in [-0.25, -0.2) is 0 Å². The molecule has 0 heterocycles. The third-order valence-corrected chi connectivity index (χ3v) is 4.47. The highest BCUT2D eigenvalue weighted by atomic mass is 35.5. The molecular weight excluding hydrogens is 306 g/mol. The molecule has 0 saturated carbocycles. The minimum absolute atomic E-state index is 0.0900. The van der Waals surface area contributed by atoms with Crippen LogP contribution in [0.4, 0.5) is 0 Å². The number of carbonyl (C=O) groups excluding carboxylic acids is 1. The maximum Gasteiger partial charge on any atom is 0.255 e. The fraction of sp³-hybridized carbons (Fsp3) is 0.438. The fourth-order valence-electron chi connectivity index (χ4n) is 1.70. The van der Waals surface area contributed by atoms with Gasteiger partial charge in [0, 0.05) is 6.20 Å². The molecule has 1 aromatic carbocycles. The molecule has 1 amide bonds. The SMILES string of the molecule is CC/C(C)=C/N(Cc1ccc(OC)cc1)C(=O)C(Cl)SC. The molecule has 1 rings (SSSR count). The highest BCUT2D eigenvalue weighted by Crippen LogP contribution is 2.19. The van der Waals surface area contributed by atoms with E-state index in [-0.39, 0.29) is 5.91 Å². The first kappa shape index (κ1) is 17.9. The number of amides is 1. The lowest BCUT2D eigenvalue weighted by molar-refractivity contribution is -0.127. The largest absolute Gasteiger partial charge is 0.497 e. The number of hydrogen-bond donors (Lipinski definition) is 0. The third-order valence-electron chi connectivity index (χ3n) is 3.13. The van der Waals surface area contributed by atoms with Gasteiger partial charge in [-0.3, -0.25) is 4.79 Å². The molecular formula is C16H22ClNO2S. The molecule has 0 fully saturated rings. The van der Waals surface area contributed by atoms with Crippen LogP contribution in [0.3, 0.4) is 0 Å². The molecule has 0 aliphatic carbocycles. The standard InChI is InChI=1S/C16H22ClNO2S/c1-5-12(2)10-18(16(19)15(17)21-4)11-13-6-8-14(20-3)9-7-13/h6-10,15H,5,11H2,1-4H3/b12-10+. The van der Waals surface area contributed by atoms with Crippen molar-refractivity contribution < 1.29 is 9.53 Å². The van der Waals surface area contributed by atoms with Gasteiger partial charge in [0.1, 0.15) is 5.75 Å². The number of benzene rings is 1. The molecule has 5 heteroatoms. The summed E-state index contributed by atoms with van der Waals surface area (Å²) in [5.41, 5.74) is 2.18. The van der Waals surface area contributed by atoms with E-state index in [0.29, 0.717) is 6.54 Å². The first-order valence-corrected chi connectivity index (χ1v) is 8.51. The maximum absolute atomic E-state index is 12.4. The van der Waals surface area contributed by atoms with Crippen molar-refractivity contribution in [2.75, 3.05) is 13.4 Å². The Morgan fingerprint density at radius 1 is 1.43 bits per heavy atom. The zero-order chi connectivity index (χ0) is 15.8. The van der Waals surface area contributed by atoms with Crippen LogP contribution in [0.5, 0.6) is 5.75 Å². The van der Waals surface area contributed by atoms with Crippen molar-refractivity contribution >= 4 is 29.3 Å². The summed E-state index contributed by atoms with van der Waals surface area (Å²) in [6.45, 7) is 4.58. The Kier molecular flexibility index (Phi) is 7.68. The van der Waals surface area contributed by atoms with E-state index in [2.05, 4.69) is 6.92 Å². The molecule has 0 N–H and O–H groups in total. The molecule has 21 heavy (non-hydrogen) atoms. The zero-order valence-corrected chi connectivity index (χ0v) is 14.5. The average molecular weight is 328 g/mol. The number of ether oxygens (including phenoxy) is 1. The van der Waals surface area contributed by atoms with Crippen molar-refractivity contribution in [3.05, 3.63) is 41.6 Å². The molecule has 0 aromatic heterocycles. The fourth-order valence-corrected chi connectivity index (χ4v) is 2.17. The van der Waals surface area contributed by atoms with Crippen LogP contribution in [0.1, 0.15) is 25.8 Å². The molecule has 1 atom stereocenters. The highest BCUT2D eigenvalue weighted by Gasteiger charge is 2.20. The van der Waals surface area contributed by atoms with E-state index in [4.69, 9.17) is 16.3 Å². The summed E-state index contributed by atoms with van der Waals surface area (Å²) in [4.78, 5) is 14.0. The lowest BCUT2D eigenvalue weighted by Gasteiger charge is -2.22. The molecule has 0 spiro atoms. The summed E-state index contributed by atoms with van der Waals surface area (Å²) in [6.07, 6.45) is 4.62. The number of halogens is 1. The highest BCUT2D eigenvalue weighted by molar-refractivity contribution is 8.01. The van der Waals surface area contributed by atoms with Gasteiger partial charge in [-0.05, 0) is 37.3 Å². The molecule has 116 valence electrons. The topological polar surface area (TPSA) is 29.5 Å². The summed E-state index contributed by atoms with van der Waals surface area (Å²) < 4.78 is 4.58. The van der Waals surface area contributed by atoms with Crippen LogP contribution in [0.25, 0.3) is 0 Å². The Hall–Kier alpha value is -1.13. The molecule has 0 bridgehead atoms. The Labute approximate surface area is 136 Å². The lowest BCUT2D eigenvalue weighted by atomic mass is 10.2. The molecule has 0 aliphatic heterocycles. The quantitative estimate of drug-likeness (QED) is 0.701. The number of methoxy groups -OCH3 is 1. The van der Waals surface area contributed by atoms with E-state index in [0.717, 1.165) is 23.3 Å². The number of carbonyl (C=O) groups is 1. The second kappa shape index (κ2) is 9.00. The van der Waals surface area contributed by atoms with Crippen molar-refractivity contribution in [2.45, 2.75) is 31.5 Å². The molecule has 0 radical (unpaired) electrons. The van der Waals surface area contributed by atoms with E-state index in [1.165, 1.54) is 11.8 Å². The van der Waals surface area contributed by atoms with Crippen LogP contribution in [0.15, 0.2) is 36.0 Å². The number of hydrogen-bond acceptors (Lipinski definition) is 3. The van der Waals surface area contributed by atoms with Crippen LogP contribution in [-0.4, -0.2) is 28.9 Å². The van der Waals surface area contributed by atoms with Gasteiger partial charge in [0.15, 0.2) is 4.71 Å². The number of allylic oxidation sites excluding steroid dienone is 1. The molecule has 1 aromatic rings. The van der Waals surface area contributed by atoms with Gasteiger partial charge in [-0.15, -0.1) is 23.4 Å². The second-order valence-corrected chi connectivity index (χ2v) is 6.33. The molecule has 0 aliphatic rings.